The summed E-state index contributed by atoms with van der Waals surface area (Å²) in [6.07, 6.45) is 0. The summed E-state index contributed by atoms with van der Waals surface area (Å²) >= 11 is 12.1. The van der Waals surface area contributed by atoms with Crippen LogP contribution in [0.5, 0.6) is 0 Å². The first kappa shape index (κ1) is 17.2. The third-order valence-electron chi connectivity index (χ3n) is 3.60. The fraction of sp³-hybridized carbons (Fsp3) is 0.400. The molecule has 7 nitrogen and oxygen atoms in total. The van der Waals surface area contributed by atoms with Crippen LogP contribution in [0.1, 0.15) is 28.1 Å². The van der Waals surface area contributed by atoms with Crippen LogP contribution >= 0.6 is 23.2 Å². The van der Waals surface area contributed by atoms with Gasteiger partial charge in [0, 0.05) is 18.7 Å². The van der Waals surface area contributed by atoms with Crippen LogP contribution < -0.4 is 0 Å². The number of halogens is 2. The zero-order valence-electron chi connectivity index (χ0n) is 12.9. The van der Waals surface area contributed by atoms with E-state index < -0.39 is 6.04 Å². The molecule has 1 aromatic heterocycles. The summed E-state index contributed by atoms with van der Waals surface area (Å²) in [5, 5.41) is 4.70. The lowest BCUT2D eigenvalue weighted by molar-refractivity contribution is -0.00576. The molecule has 0 N–H and O–H groups in total. The largest absolute Gasteiger partial charge is 0.377 e. The molecule has 0 spiro atoms. The van der Waals surface area contributed by atoms with Crippen molar-refractivity contribution in [2.75, 3.05) is 26.9 Å². The van der Waals surface area contributed by atoms with Gasteiger partial charge < -0.3 is 18.9 Å². The zero-order valence-corrected chi connectivity index (χ0v) is 14.4. The van der Waals surface area contributed by atoms with Gasteiger partial charge in [-0.2, -0.15) is 4.98 Å². The Balaban J connectivity index is 1.88. The molecule has 1 aliphatic rings. The van der Waals surface area contributed by atoms with Crippen molar-refractivity contribution < 1.29 is 18.8 Å². The third kappa shape index (κ3) is 3.54. The van der Waals surface area contributed by atoms with Crippen molar-refractivity contribution in [3.63, 3.8) is 0 Å². The van der Waals surface area contributed by atoms with E-state index in [4.69, 9.17) is 37.2 Å². The number of carbonyl (C=O) groups excluding carboxylic acids is 1. The maximum atomic E-state index is 12.9. The number of methoxy groups -OCH3 is 1. The molecule has 128 valence electrons. The van der Waals surface area contributed by atoms with Gasteiger partial charge in [0.2, 0.25) is 0 Å². The Morgan fingerprint density at radius 2 is 2.29 bits per heavy atom. The van der Waals surface area contributed by atoms with Gasteiger partial charge in [0.25, 0.3) is 11.8 Å². The van der Waals surface area contributed by atoms with E-state index in [1.54, 1.807) is 23.1 Å². The Hall–Kier alpha value is -1.67. The Morgan fingerprint density at radius 3 is 3.08 bits per heavy atom. The highest BCUT2D eigenvalue weighted by atomic mass is 35.5. The Bertz CT molecular complexity index is 737. The van der Waals surface area contributed by atoms with Crippen molar-refractivity contribution in [1.29, 1.82) is 0 Å². The molecule has 1 fully saturated rings. The number of rotatable bonds is 4. The van der Waals surface area contributed by atoms with Crippen LogP contribution in [0.3, 0.4) is 0 Å². The number of ether oxygens (including phenoxy) is 2. The van der Waals surface area contributed by atoms with E-state index in [0.717, 1.165) is 0 Å². The number of carbonyl (C=O) groups is 1. The molecule has 0 bridgehead atoms. The fourth-order valence-corrected chi connectivity index (χ4v) is 2.83. The van der Waals surface area contributed by atoms with Gasteiger partial charge in [-0.1, -0.05) is 28.4 Å². The molecule has 1 saturated heterocycles. The maximum absolute atomic E-state index is 12.9. The second kappa shape index (κ2) is 7.48. The van der Waals surface area contributed by atoms with E-state index in [1.165, 1.54) is 7.11 Å². The predicted molar refractivity (Wildman–Crippen MR) is 86.1 cm³/mol. The van der Waals surface area contributed by atoms with Crippen LogP contribution in [0.15, 0.2) is 22.7 Å². The van der Waals surface area contributed by atoms with Gasteiger partial charge in [-0.3, -0.25) is 4.79 Å². The molecule has 2 aromatic rings. The van der Waals surface area contributed by atoms with E-state index in [9.17, 15) is 4.79 Å². The Morgan fingerprint density at radius 1 is 1.46 bits per heavy atom. The number of nitrogens with zero attached hydrogens (tertiary/aromatic N) is 3. The number of benzene rings is 1. The highest BCUT2D eigenvalue weighted by Gasteiger charge is 2.33. The third-order valence-corrected chi connectivity index (χ3v) is 4.16. The van der Waals surface area contributed by atoms with Crippen LogP contribution in [-0.4, -0.2) is 47.8 Å². The molecule has 0 radical (unpaired) electrons. The zero-order chi connectivity index (χ0) is 17.1. The summed E-state index contributed by atoms with van der Waals surface area (Å²) in [5.74, 6) is 0.452. The van der Waals surface area contributed by atoms with Crippen LogP contribution in [-0.2, 0) is 16.1 Å². The van der Waals surface area contributed by atoms with Crippen LogP contribution in [0.2, 0.25) is 10.0 Å². The SMILES string of the molecule is COCc1nc(C2COCCN2C(=O)c2cc(Cl)ccc2Cl)no1. The molecule has 0 aliphatic carbocycles. The first-order valence-corrected chi connectivity index (χ1v) is 8.01. The van der Waals surface area contributed by atoms with Crippen LogP contribution in [0, 0.1) is 0 Å². The summed E-state index contributed by atoms with van der Waals surface area (Å²) in [6.45, 7) is 1.29. The lowest BCUT2D eigenvalue weighted by Crippen LogP contribution is -2.44. The Kier molecular flexibility index (Phi) is 5.35. The molecule has 1 unspecified atom stereocenters. The van der Waals surface area contributed by atoms with Gasteiger partial charge in [-0.25, -0.2) is 0 Å². The smallest absolute Gasteiger partial charge is 0.256 e. The molecule has 9 heteroatoms. The molecule has 0 saturated carbocycles. The predicted octanol–water partition coefficient (Wildman–Crippen LogP) is 2.74. The second-order valence-electron chi connectivity index (χ2n) is 5.19. The molecule has 2 heterocycles. The first-order chi connectivity index (χ1) is 11.6. The summed E-state index contributed by atoms with van der Waals surface area (Å²) in [5.41, 5.74) is 0.330. The van der Waals surface area contributed by atoms with Gasteiger partial charge in [-0.15, -0.1) is 0 Å². The number of aromatic nitrogens is 2. The van der Waals surface area contributed by atoms with Gasteiger partial charge in [0.05, 0.1) is 23.8 Å². The topological polar surface area (TPSA) is 77.7 Å². The summed E-state index contributed by atoms with van der Waals surface area (Å²) < 4.78 is 15.5. The molecule has 24 heavy (non-hydrogen) atoms. The number of morpholine rings is 1. The minimum absolute atomic E-state index is 0.203. The van der Waals surface area contributed by atoms with Crippen molar-refractivity contribution in [3.8, 4) is 0 Å². The van der Waals surface area contributed by atoms with Crippen LogP contribution in [0.4, 0.5) is 0 Å². The number of hydrogen-bond donors (Lipinski definition) is 0. The average molecular weight is 372 g/mol. The molecule has 1 atom stereocenters. The van der Waals surface area contributed by atoms with E-state index in [1.807, 2.05) is 0 Å². The van der Waals surface area contributed by atoms with E-state index >= 15 is 0 Å². The maximum Gasteiger partial charge on any atom is 0.256 e. The first-order valence-electron chi connectivity index (χ1n) is 7.25. The summed E-state index contributed by atoms with van der Waals surface area (Å²) in [6, 6.07) is 4.31. The highest BCUT2D eigenvalue weighted by Crippen LogP contribution is 2.28. The normalized spacial score (nSPS) is 18.0. The van der Waals surface area contributed by atoms with E-state index in [-0.39, 0.29) is 19.1 Å². The van der Waals surface area contributed by atoms with Gasteiger partial charge in [-0.05, 0) is 18.2 Å². The lowest BCUT2D eigenvalue weighted by Gasteiger charge is -2.33. The standard InChI is InChI=1S/C15H15Cl2N3O4/c1-22-8-13-18-14(19-24-13)12-7-23-5-4-20(12)15(21)10-6-9(16)2-3-11(10)17/h2-3,6,12H,4-5,7-8H2,1H3. The molecule has 1 amide bonds. The number of hydrogen-bond acceptors (Lipinski definition) is 6. The monoisotopic (exact) mass is 371 g/mol. The van der Waals surface area contributed by atoms with Gasteiger partial charge in [0.1, 0.15) is 12.6 Å². The second-order valence-corrected chi connectivity index (χ2v) is 6.04. The van der Waals surface area contributed by atoms with Crippen molar-refractivity contribution in [2.24, 2.45) is 0 Å². The minimum atomic E-state index is -0.462. The molecular formula is C15H15Cl2N3O4. The van der Waals surface area contributed by atoms with E-state index in [2.05, 4.69) is 10.1 Å². The number of amides is 1. The molecule has 1 aromatic carbocycles. The molecule has 3 rings (SSSR count). The van der Waals surface area contributed by atoms with E-state index in [0.29, 0.717) is 40.5 Å². The highest BCUT2D eigenvalue weighted by molar-refractivity contribution is 6.35. The average Bonchev–Trinajstić information content (AvgIpc) is 3.05. The summed E-state index contributed by atoms with van der Waals surface area (Å²) in [7, 11) is 1.53. The van der Waals surface area contributed by atoms with Gasteiger partial charge >= 0.3 is 0 Å². The minimum Gasteiger partial charge on any atom is -0.377 e. The molecule has 1 aliphatic heterocycles. The van der Waals surface area contributed by atoms with Crippen molar-refractivity contribution in [2.45, 2.75) is 12.6 Å². The van der Waals surface area contributed by atoms with Crippen molar-refractivity contribution in [3.05, 3.63) is 45.5 Å². The molecular weight excluding hydrogens is 357 g/mol. The lowest BCUT2D eigenvalue weighted by atomic mass is 10.1. The Labute approximate surface area is 148 Å². The van der Waals surface area contributed by atoms with Crippen molar-refractivity contribution in [1.82, 2.24) is 15.0 Å². The van der Waals surface area contributed by atoms with Crippen molar-refractivity contribution >= 4 is 29.1 Å². The van der Waals surface area contributed by atoms with Crippen LogP contribution in [0.25, 0.3) is 0 Å². The summed E-state index contributed by atoms with van der Waals surface area (Å²) in [4.78, 5) is 18.8. The quantitative estimate of drug-likeness (QED) is 0.821. The van der Waals surface area contributed by atoms with Gasteiger partial charge in [0.15, 0.2) is 5.82 Å². The fourth-order valence-electron chi connectivity index (χ4n) is 2.46.